The fourth-order valence-electron chi connectivity index (χ4n) is 3.31. The van der Waals surface area contributed by atoms with E-state index in [0.717, 1.165) is 31.4 Å². The van der Waals surface area contributed by atoms with Gasteiger partial charge < -0.3 is 19.4 Å². The normalized spacial score (nSPS) is 10.5. The molecule has 0 saturated carbocycles. The highest BCUT2D eigenvalue weighted by atomic mass is 32.1. The Morgan fingerprint density at radius 2 is 1.46 bits per heavy atom. The molecule has 0 amide bonds. The molecule has 11 heteroatoms. The van der Waals surface area contributed by atoms with Gasteiger partial charge in [0.1, 0.15) is 6.79 Å². The van der Waals surface area contributed by atoms with E-state index in [1.165, 1.54) is 28.6 Å². The van der Waals surface area contributed by atoms with Crippen LogP contribution in [0.1, 0.15) is 49.2 Å². The van der Waals surface area contributed by atoms with Gasteiger partial charge in [-0.1, -0.05) is 23.3 Å². The van der Waals surface area contributed by atoms with Gasteiger partial charge in [-0.15, -0.1) is 0 Å². The molecule has 4 rings (SSSR count). The van der Waals surface area contributed by atoms with Gasteiger partial charge in [-0.05, 0) is 81.9 Å². The number of aryl methyl sites for hydroxylation is 2. The highest BCUT2D eigenvalue weighted by Crippen LogP contribution is 2.29. The number of fused-ring (bicyclic) bond motifs is 2. The summed E-state index contributed by atoms with van der Waals surface area (Å²) in [6.07, 6.45) is 0.261. The molecule has 1 unspecified atom stereocenters. The lowest BCUT2D eigenvalue weighted by Crippen LogP contribution is -2.14. The van der Waals surface area contributed by atoms with E-state index in [0.29, 0.717) is 12.3 Å². The molecule has 9 nitrogen and oxygen atoms in total. The van der Waals surface area contributed by atoms with E-state index in [-0.39, 0.29) is 25.6 Å². The van der Waals surface area contributed by atoms with Gasteiger partial charge in [-0.25, -0.2) is 0 Å². The average Bonchev–Trinajstić information content (AvgIpc) is 3.51. The Morgan fingerprint density at radius 3 is 2.00 bits per heavy atom. The molecule has 0 saturated heterocycles. The van der Waals surface area contributed by atoms with Crippen LogP contribution >= 0.6 is 23.1 Å². The summed E-state index contributed by atoms with van der Waals surface area (Å²) in [5, 5.41) is 18.6. The fourth-order valence-corrected chi connectivity index (χ4v) is 4.88. The third kappa shape index (κ3) is 9.83. The Bertz CT molecular complexity index is 1390. The molecule has 0 radical (unpaired) electrons. The Labute approximate surface area is 236 Å². The van der Waals surface area contributed by atoms with Crippen molar-refractivity contribution in [3.05, 3.63) is 58.9 Å². The molecular weight excluding hydrogens is 538 g/mol. The van der Waals surface area contributed by atoms with E-state index in [9.17, 15) is 9.59 Å². The first-order valence-electron chi connectivity index (χ1n) is 12.1. The van der Waals surface area contributed by atoms with Gasteiger partial charge >= 0.3 is 11.9 Å². The maximum absolute atomic E-state index is 11.7. The summed E-state index contributed by atoms with van der Waals surface area (Å²) >= 11 is 2.72. The quantitative estimate of drug-likeness (QED) is 0.305. The number of esters is 2. The number of ether oxygens (including phenoxy) is 2. The second-order valence-electron chi connectivity index (χ2n) is 7.81. The molecule has 0 fully saturated rings. The first-order valence-corrected chi connectivity index (χ1v) is 13.7. The Kier molecular flexibility index (Phi) is 15.1. The molecule has 2 aromatic heterocycles. The maximum atomic E-state index is 11.7. The van der Waals surface area contributed by atoms with Gasteiger partial charge in [0.25, 0.3) is 0 Å². The zero-order valence-corrected chi connectivity index (χ0v) is 24.4. The van der Waals surface area contributed by atoms with Crippen LogP contribution in [0.4, 0.5) is 0 Å². The van der Waals surface area contributed by atoms with Crippen molar-refractivity contribution >= 4 is 62.0 Å². The Balaban J connectivity index is 0.000000337. The Hall–Kier alpha value is -3.72. The molecule has 208 valence electrons. The predicted octanol–water partition coefficient (Wildman–Crippen LogP) is 5.30. The SMILES string of the molecule is C=O.CCO.CCOC(=O)C(C#N)c1nsc2ccc(C)cc12.CCOC(=O)Cc1nsc2ccc(C)cc12. The number of hydrogen-bond acceptors (Lipinski definition) is 11. The lowest BCUT2D eigenvalue weighted by molar-refractivity contribution is -0.144. The minimum Gasteiger partial charge on any atom is -0.466 e. The van der Waals surface area contributed by atoms with Crippen LogP contribution in [0.3, 0.4) is 0 Å². The standard InChI is InChI=1S/C13H12N2O2S.C12H13NO2S.C2H6O.CH2O/c1-3-17-13(16)10(7-14)12-9-6-8(2)4-5-11(9)18-15-12;1-3-15-12(14)7-10-9-6-8(2)4-5-11(9)16-13-10;1-2-3;1-2/h4-6,10H,3H2,1-2H3;4-6H,3,7H2,1-2H3;3H,2H2,1H3;1H2. The number of aromatic nitrogens is 2. The van der Waals surface area contributed by atoms with Gasteiger partial charge in [-0.3, -0.25) is 9.59 Å². The summed E-state index contributed by atoms with van der Waals surface area (Å²) < 4.78 is 20.4. The van der Waals surface area contributed by atoms with Crippen LogP contribution in [-0.2, 0) is 30.3 Å². The van der Waals surface area contributed by atoms with Crippen molar-refractivity contribution in [1.29, 1.82) is 5.26 Å². The minimum absolute atomic E-state index is 0.212. The third-order valence-electron chi connectivity index (χ3n) is 4.90. The number of benzene rings is 2. The molecule has 0 aliphatic heterocycles. The topological polar surface area (TPSA) is 139 Å². The number of hydrogen-bond donors (Lipinski definition) is 1. The van der Waals surface area contributed by atoms with Gasteiger partial charge in [0.2, 0.25) is 0 Å². The van der Waals surface area contributed by atoms with Crippen molar-refractivity contribution in [3.63, 3.8) is 0 Å². The highest BCUT2D eigenvalue weighted by Gasteiger charge is 2.26. The van der Waals surface area contributed by atoms with Crippen molar-refractivity contribution < 1.29 is 29.0 Å². The fraction of sp³-hybridized carbons (Fsp3) is 0.357. The van der Waals surface area contributed by atoms with E-state index in [4.69, 9.17) is 24.6 Å². The van der Waals surface area contributed by atoms with Crippen LogP contribution in [0.2, 0.25) is 0 Å². The van der Waals surface area contributed by atoms with E-state index in [1.54, 1.807) is 20.8 Å². The highest BCUT2D eigenvalue weighted by molar-refractivity contribution is 7.13. The predicted molar refractivity (Wildman–Crippen MR) is 154 cm³/mol. The summed E-state index contributed by atoms with van der Waals surface area (Å²) in [4.78, 5) is 31.1. The van der Waals surface area contributed by atoms with E-state index in [1.807, 2.05) is 51.0 Å². The molecule has 39 heavy (non-hydrogen) atoms. The van der Waals surface area contributed by atoms with Gasteiger partial charge in [-0.2, -0.15) is 14.0 Å². The number of nitrogens with zero attached hydrogens (tertiary/aromatic N) is 3. The van der Waals surface area contributed by atoms with Crippen LogP contribution in [0.25, 0.3) is 20.2 Å². The zero-order chi connectivity index (χ0) is 29.4. The average molecular weight is 572 g/mol. The van der Waals surface area contributed by atoms with Crippen molar-refractivity contribution in [2.24, 2.45) is 0 Å². The van der Waals surface area contributed by atoms with Gasteiger partial charge in [0, 0.05) is 17.4 Å². The smallest absolute Gasteiger partial charge is 0.329 e. The molecule has 1 atom stereocenters. The van der Waals surface area contributed by atoms with Crippen LogP contribution in [0, 0.1) is 25.2 Å². The molecule has 0 spiro atoms. The number of rotatable bonds is 6. The molecule has 1 N–H and O–H groups in total. The minimum atomic E-state index is -0.944. The summed E-state index contributed by atoms with van der Waals surface area (Å²) in [7, 11) is 0. The van der Waals surface area contributed by atoms with E-state index < -0.39 is 11.9 Å². The summed E-state index contributed by atoms with van der Waals surface area (Å²) in [5.41, 5.74) is 3.57. The van der Waals surface area contributed by atoms with Crippen LogP contribution in [0.5, 0.6) is 0 Å². The molecular formula is C28H33N3O6S2. The van der Waals surface area contributed by atoms with E-state index >= 15 is 0 Å². The van der Waals surface area contributed by atoms with Crippen molar-refractivity contribution in [2.45, 2.75) is 47.0 Å². The molecule has 0 aliphatic rings. The second kappa shape index (κ2) is 17.7. The first-order chi connectivity index (χ1) is 18.8. The second-order valence-corrected chi connectivity index (χ2v) is 9.42. The number of aliphatic hydroxyl groups excluding tert-OH is 1. The number of carbonyl (C=O) groups excluding carboxylic acids is 3. The van der Waals surface area contributed by atoms with Crippen molar-refractivity contribution in [3.8, 4) is 6.07 Å². The van der Waals surface area contributed by atoms with Gasteiger partial charge in [0.15, 0.2) is 5.92 Å². The third-order valence-corrected chi connectivity index (χ3v) is 6.60. The molecule has 0 bridgehead atoms. The first kappa shape index (κ1) is 33.3. The maximum Gasteiger partial charge on any atom is 0.329 e. The molecule has 2 aromatic carbocycles. The Morgan fingerprint density at radius 1 is 0.949 bits per heavy atom. The van der Waals surface area contributed by atoms with Gasteiger partial charge in [0.05, 0.1) is 46.5 Å². The van der Waals surface area contributed by atoms with Crippen LogP contribution in [-0.4, -0.2) is 52.4 Å². The monoisotopic (exact) mass is 571 g/mol. The zero-order valence-electron chi connectivity index (χ0n) is 22.7. The summed E-state index contributed by atoms with van der Waals surface area (Å²) in [5.74, 6) is -1.69. The molecule has 2 heterocycles. The van der Waals surface area contributed by atoms with Crippen LogP contribution < -0.4 is 0 Å². The lowest BCUT2D eigenvalue weighted by atomic mass is 10.0. The summed E-state index contributed by atoms with van der Waals surface area (Å²) in [6, 6.07) is 14.0. The molecule has 0 aliphatic carbocycles. The lowest BCUT2D eigenvalue weighted by Gasteiger charge is -2.06. The number of aliphatic hydroxyl groups is 1. The number of nitriles is 1. The summed E-state index contributed by atoms with van der Waals surface area (Å²) in [6.45, 7) is 12.1. The van der Waals surface area contributed by atoms with Crippen molar-refractivity contribution in [1.82, 2.24) is 8.75 Å². The number of carbonyl (C=O) groups is 3. The van der Waals surface area contributed by atoms with Crippen molar-refractivity contribution in [2.75, 3.05) is 19.8 Å². The largest absolute Gasteiger partial charge is 0.466 e. The van der Waals surface area contributed by atoms with E-state index in [2.05, 4.69) is 20.9 Å². The molecule has 4 aromatic rings. The van der Waals surface area contributed by atoms with Crippen LogP contribution in [0.15, 0.2) is 36.4 Å².